The monoisotopic (exact) mass is 495 g/mol. The number of aryl methyl sites for hydroxylation is 1. The summed E-state index contributed by atoms with van der Waals surface area (Å²) in [6.07, 6.45) is 9.65. The molecule has 4 heterocycles. The Morgan fingerprint density at radius 3 is 2.93 bits per heavy atom. The van der Waals surface area contributed by atoms with Gasteiger partial charge < -0.3 is 10.2 Å². The van der Waals surface area contributed by atoms with Crippen LogP contribution in [0.5, 0.6) is 0 Å². The third-order valence-corrected chi connectivity index (χ3v) is 5.37. The first-order valence-corrected chi connectivity index (χ1v) is 10.1. The molecule has 2 aromatic heterocycles. The van der Waals surface area contributed by atoms with Gasteiger partial charge in [-0.1, -0.05) is 18.2 Å². The van der Waals surface area contributed by atoms with Gasteiger partial charge in [0, 0.05) is 57.9 Å². The summed E-state index contributed by atoms with van der Waals surface area (Å²) in [6, 6.07) is 6.63. The van der Waals surface area contributed by atoms with Gasteiger partial charge in [0.1, 0.15) is 5.82 Å². The van der Waals surface area contributed by atoms with Crippen molar-refractivity contribution >= 4 is 35.6 Å². The molecule has 0 radical (unpaired) electrons. The highest BCUT2D eigenvalue weighted by atomic mass is 127. The molecule has 0 bridgehead atoms. The van der Waals surface area contributed by atoms with Gasteiger partial charge in [0.2, 0.25) is 0 Å². The first kappa shape index (κ1) is 21.0. The SMILES string of the molecule is CCNC(=NCCCc1nnc2ccccn12)N1CCC(N2CC=CC2)C1.I. The van der Waals surface area contributed by atoms with Crippen LogP contribution in [-0.2, 0) is 6.42 Å². The van der Waals surface area contributed by atoms with E-state index < -0.39 is 0 Å². The highest BCUT2D eigenvalue weighted by Gasteiger charge is 2.29. The molecule has 1 saturated heterocycles. The number of aliphatic imine (C=N–C) groups is 1. The summed E-state index contributed by atoms with van der Waals surface area (Å²) in [5, 5.41) is 12.0. The molecule has 152 valence electrons. The highest BCUT2D eigenvalue weighted by Crippen LogP contribution is 2.18. The second-order valence-corrected chi connectivity index (χ2v) is 7.20. The predicted molar refractivity (Wildman–Crippen MR) is 123 cm³/mol. The molecule has 1 unspecified atom stereocenters. The van der Waals surface area contributed by atoms with E-state index in [1.165, 1.54) is 6.42 Å². The maximum atomic E-state index is 4.88. The van der Waals surface area contributed by atoms with Gasteiger partial charge in [-0.05, 0) is 31.9 Å². The number of hydrogen-bond donors (Lipinski definition) is 1. The molecule has 1 fully saturated rings. The van der Waals surface area contributed by atoms with Crippen LogP contribution in [0.4, 0.5) is 0 Å². The van der Waals surface area contributed by atoms with Crippen molar-refractivity contribution in [3.63, 3.8) is 0 Å². The lowest BCUT2D eigenvalue weighted by atomic mass is 10.2. The van der Waals surface area contributed by atoms with Crippen molar-refractivity contribution in [3.05, 3.63) is 42.4 Å². The van der Waals surface area contributed by atoms with E-state index in [9.17, 15) is 0 Å². The van der Waals surface area contributed by atoms with Crippen LogP contribution in [0.3, 0.4) is 0 Å². The van der Waals surface area contributed by atoms with Crippen molar-refractivity contribution in [1.29, 1.82) is 0 Å². The lowest BCUT2D eigenvalue weighted by Crippen LogP contribution is -2.42. The molecule has 2 aliphatic heterocycles. The van der Waals surface area contributed by atoms with Gasteiger partial charge in [0.15, 0.2) is 11.6 Å². The molecule has 0 saturated carbocycles. The number of nitrogens with zero attached hydrogens (tertiary/aromatic N) is 6. The number of guanidine groups is 1. The van der Waals surface area contributed by atoms with E-state index >= 15 is 0 Å². The van der Waals surface area contributed by atoms with Crippen LogP contribution in [0.15, 0.2) is 41.5 Å². The van der Waals surface area contributed by atoms with Gasteiger partial charge in [0.05, 0.1) is 0 Å². The summed E-state index contributed by atoms with van der Waals surface area (Å²) in [4.78, 5) is 9.85. The molecular weight excluding hydrogens is 465 g/mol. The minimum absolute atomic E-state index is 0. The average molecular weight is 495 g/mol. The van der Waals surface area contributed by atoms with Crippen LogP contribution in [-0.4, -0.2) is 75.7 Å². The number of hydrogen-bond acceptors (Lipinski definition) is 4. The lowest BCUT2D eigenvalue weighted by Gasteiger charge is -2.25. The molecule has 1 atom stereocenters. The van der Waals surface area contributed by atoms with E-state index in [1.54, 1.807) is 0 Å². The number of rotatable bonds is 6. The van der Waals surface area contributed by atoms with Crippen LogP contribution < -0.4 is 5.32 Å². The minimum Gasteiger partial charge on any atom is -0.357 e. The van der Waals surface area contributed by atoms with Crippen molar-refractivity contribution in [1.82, 2.24) is 29.7 Å². The van der Waals surface area contributed by atoms with Gasteiger partial charge in [-0.2, -0.15) is 0 Å². The fraction of sp³-hybridized carbons (Fsp3) is 0.550. The second kappa shape index (κ2) is 10.2. The number of halogens is 1. The minimum atomic E-state index is 0. The first-order valence-electron chi connectivity index (χ1n) is 10.1. The van der Waals surface area contributed by atoms with E-state index in [4.69, 9.17) is 4.99 Å². The molecule has 2 aromatic rings. The Labute approximate surface area is 183 Å². The van der Waals surface area contributed by atoms with Crippen LogP contribution in [0, 0.1) is 0 Å². The van der Waals surface area contributed by atoms with E-state index in [-0.39, 0.29) is 24.0 Å². The van der Waals surface area contributed by atoms with Crippen molar-refractivity contribution < 1.29 is 0 Å². The van der Waals surface area contributed by atoms with Crippen molar-refractivity contribution in [2.75, 3.05) is 39.3 Å². The summed E-state index contributed by atoms with van der Waals surface area (Å²) < 4.78 is 2.06. The molecule has 8 heteroatoms. The lowest BCUT2D eigenvalue weighted by molar-refractivity contribution is 0.259. The van der Waals surface area contributed by atoms with E-state index in [0.29, 0.717) is 6.04 Å². The zero-order valence-corrected chi connectivity index (χ0v) is 18.8. The van der Waals surface area contributed by atoms with Gasteiger partial charge in [0.25, 0.3) is 0 Å². The normalized spacial score (nSPS) is 20.1. The molecule has 0 aliphatic carbocycles. The fourth-order valence-corrected chi connectivity index (χ4v) is 3.93. The molecule has 0 spiro atoms. The first-order chi connectivity index (χ1) is 13.3. The molecule has 2 aliphatic rings. The number of nitrogens with one attached hydrogen (secondary N) is 1. The summed E-state index contributed by atoms with van der Waals surface area (Å²) in [5.41, 5.74) is 0.906. The standard InChI is InChI=1S/C20H29N7.HI/c1-2-21-20(26-15-10-17(16-26)25-12-5-6-13-25)22-11-7-9-19-24-23-18-8-3-4-14-27(18)19;/h3-6,8,14,17H,2,7,9-13,15-16H2,1H3,(H,21,22);1H. The largest absolute Gasteiger partial charge is 0.357 e. The molecule has 7 nitrogen and oxygen atoms in total. The molecule has 0 aromatic carbocycles. The van der Waals surface area contributed by atoms with Crippen LogP contribution in [0.2, 0.25) is 0 Å². The van der Waals surface area contributed by atoms with Crippen molar-refractivity contribution in [3.8, 4) is 0 Å². The summed E-state index contributed by atoms with van der Waals surface area (Å²) >= 11 is 0. The number of likely N-dealkylation sites (tertiary alicyclic amines) is 1. The van der Waals surface area contributed by atoms with E-state index in [1.807, 2.05) is 24.4 Å². The third kappa shape index (κ3) is 4.83. The Bertz CT molecular complexity index is 808. The average Bonchev–Trinajstić information content (AvgIpc) is 3.45. The van der Waals surface area contributed by atoms with E-state index in [0.717, 1.165) is 69.5 Å². The molecular formula is C20H30IN7. The Balaban J connectivity index is 0.00000225. The molecule has 0 amide bonds. The predicted octanol–water partition coefficient (Wildman–Crippen LogP) is 2.19. The van der Waals surface area contributed by atoms with Crippen LogP contribution >= 0.6 is 24.0 Å². The van der Waals surface area contributed by atoms with Crippen molar-refractivity contribution in [2.45, 2.75) is 32.2 Å². The topological polar surface area (TPSA) is 61.1 Å². The molecule has 28 heavy (non-hydrogen) atoms. The Kier molecular flexibility index (Phi) is 7.66. The highest BCUT2D eigenvalue weighted by molar-refractivity contribution is 14.0. The second-order valence-electron chi connectivity index (χ2n) is 7.20. The number of pyridine rings is 1. The quantitative estimate of drug-likeness (QED) is 0.219. The summed E-state index contributed by atoms with van der Waals surface area (Å²) in [5.74, 6) is 2.06. The maximum absolute atomic E-state index is 4.88. The molecule has 1 N–H and O–H groups in total. The van der Waals surface area contributed by atoms with Gasteiger partial charge in [-0.15, -0.1) is 34.2 Å². The van der Waals surface area contributed by atoms with Gasteiger partial charge >= 0.3 is 0 Å². The third-order valence-electron chi connectivity index (χ3n) is 5.37. The maximum Gasteiger partial charge on any atom is 0.193 e. The number of fused-ring (bicyclic) bond motifs is 1. The molecule has 4 rings (SSSR count). The van der Waals surface area contributed by atoms with Crippen LogP contribution in [0.1, 0.15) is 25.6 Å². The van der Waals surface area contributed by atoms with Crippen molar-refractivity contribution in [2.24, 2.45) is 4.99 Å². The van der Waals surface area contributed by atoms with Gasteiger partial charge in [-0.25, -0.2) is 0 Å². The number of aromatic nitrogens is 3. The fourth-order valence-electron chi connectivity index (χ4n) is 3.93. The smallest absolute Gasteiger partial charge is 0.193 e. The summed E-state index contributed by atoms with van der Waals surface area (Å²) in [7, 11) is 0. The zero-order chi connectivity index (χ0) is 18.5. The van der Waals surface area contributed by atoms with Crippen LogP contribution in [0.25, 0.3) is 5.65 Å². The Morgan fingerprint density at radius 2 is 2.11 bits per heavy atom. The Hall–Kier alpha value is -1.68. The van der Waals surface area contributed by atoms with Gasteiger partial charge in [-0.3, -0.25) is 14.3 Å². The summed E-state index contributed by atoms with van der Waals surface area (Å²) in [6.45, 7) is 8.19. The van der Waals surface area contributed by atoms with E-state index in [2.05, 4.69) is 48.8 Å². The Morgan fingerprint density at radius 1 is 1.25 bits per heavy atom. The zero-order valence-electron chi connectivity index (χ0n) is 16.5.